The van der Waals surface area contributed by atoms with E-state index in [0.717, 1.165) is 5.56 Å². The Balaban J connectivity index is 2.42. The summed E-state index contributed by atoms with van der Waals surface area (Å²) < 4.78 is 5.11. The first-order chi connectivity index (χ1) is 7.56. The molecule has 84 valence electrons. The summed E-state index contributed by atoms with van der Waals surface area (Å²) in [6, 6.07) is 5.15. The van der Waals surface area contributed by atoms with Crippen molar-refractivity contribution in [2.24, 2.45) is 0 Å². The highest BCUT2D eigenvalue weighted by Crippen LogP contribution is 2.24. The predicted octanol–water partition coefficient (Wildman–Crippen LogP) is 0.967. The second kappa shape index (κ2) is 3.73. The van der Waals surface area contributed by atoms with Gasteiger partial charge in [-0.15, -0.1) is 0 Å². The monoisotopic (exact) mass is 219 g/mol. The standard InChI is InChI=1S/C10H13N5O/c1-15(2)10-13-9(16-14-10)6-3-7(11)5-8(12)4-6/h3-5H,11-12H2,1-2H3. The SMILES string of the molecule is CN(C)c1noc(-c2cc(N)cc(N)c2)n1. The van der Waals surface area contributed by atoms with Crippen LogP contribution in [0.15, 0.2) is 22.7 Å². The second-order valence-electron chi connectivity index (χ2n) is 3.68. The minimum Gasteiger partial charge on any atom is -0.399 e. The van der Waals surface area contributed by atoms with Gasteiger partial charge in [0.2, 0.25) is 0 Å². The summed E-state index contributed by atoms with van der Waals surface area (Å²) in [5.41, 5.74) is 13.2. The van der Waals surface area contributed by atoms with Gasteiger partial charge in [-0.1, -0.05) is 0 Å². The molecule has 2 rings (SSSR count). The number of benzene rings is 1. The van der Waals surface area contributed by atoms with E-state index >= 15 is 0 Å². The molecule has 0 bridgehead atoms. The van der Waals surface area contributed by atoms with Crippen molar-refractivity contribution in [3.05, 3.63) is 18.2 Å². The number of rotatable bonds is 2. The van der Waals surface area contributed by atoms with Gasteiger partial charge in [0, 0.05) is 31.0 Å². The molecule has 0 aliphatic carbocycles. The quantitative estimate of drug-likeness (QED) is 0.731. The fourth-order valence-electron chi connectivity index (χ4n) is 1.31. The minimum absolute atomic E-state index is 0.405. The largest absolute Gasteiger partial charge is 0.399 e. The van der Waals surface area contributed by atoms with E-state index in [4.69, 9.17) is 16.0 Å². The Kier molecular flexibility index (Phi) is 2.40. The minimum atomic E-state index is 0.405. The smallest absolute Gasteiger partial charge is 0.265 e. The lowest BCUT2D eigenvalue weighted by Gasteiger charge is -2.02. The van der Waals surface area contributed by atoms with E-state index in [9.17, 15) is 0 Å². The van der Waals surface area contributed by atoms with Crippen molar-refractivity contribution in [2.45, 2.75) is 0 Å². The summed E-state index contributed by atoms with van der Waals surface area (Å²) in [7, 11) is 3.67. The molecule has 0 aliphatic heterocycles. The molecular weight excluding hydrogens is 206 g/mol. The van der Waals surface area contributed by atoms with Gasteiger partial charge in [-0.25, -0.2) is 0 Å². The molecule has 0 saturated carbocycles. The number of hydrogen-bond acceptors (Lipinski definition) is 6. The van der Waals surface area contributed by atoms with Gasteiger partial charge in [-0.05, 0) is 23.4 Å². The Bertz CT molecular complexity index is 485. The number of nitrogens with zero attached hydrogens (tertiary/aromatic N) is 3. The van der Waals surface area contributed by atoms with Gasteiger partial charge in [0.15, 0.2) is 0 Å². The van der Waals surface area contributed by atoms with E-state index in [1.165, 1.54) is 0 Å². The Morgan fingerprint density at radius 3 is 2.25 bits per heavy atom. The molecule has 0 unspecified atom stereocenters. The van der Waals surface area contributed by atoms with E-state index in [2.05, 4.69) is 10.1 Å². The Labute approximate surface area is 92.8 Å². The molecule has 1 aromatic carbocycles. The molecule has 0 aliphatic rings. The number of nitrogens with two attached hydrogens (primary N) is 2. The second-order valence-corrected chi connectivity index (χ2v) is 3.68. The van der Waals surface area contributed by atoms with Gasteiger partial charge >= 0.3 is 0 Å². The first-order valence-electron chi connectivity index (χ1n) is 4.73. The van der Waals surface area contributed by atoms with Gasteiger partial charge in [-0.2, -0.15) is 4.98 Å². The third-order valence-electron chi connectivity index (χ3n) is 2.04. The summed E-state index contributed by atoms with van der Waals surface area (Å²) >= 11 is 0. The van der Waals surface area contributed by atoms with E-state index in [0.29, 0.717) is 23.2 Å². The number of anilines is 3. The maximum atomic E-state index is 5.68. The number of hydrogen-bond donors (Lipinski definition) is 2. The number of nitrogen functional groups attached to an aromatic ring is 2. The molecular formula is C10H13N5O. The van der Waals surface area contributed by atoms with Crippen LogP contribution in [-0.4, -0.2) is 24.2 Å². The van der Waals surface area contributed by atoms with E-state index in [1.54, 1.807) is 23.1 Å². The molecule has 0 saturated heterocycles. The van der Waals surface area contributed by atoms with Crippen LogP contribution in [-0.2, 0) is 0 Å². The normalized spacial score (nSPS) is 10.4. The van der Waals surface area contributed by atoms with Crippen molar-refractivity contribution in [3.63, 3.8) is 0 Å². The van der Waals surface area contributed by atoms with Crippen LogP contribution in [0.3, 0.4) is 0 Å². The Hall–Kier alpha value is -2.24. The zero-order valence-corrected chi connectivity index (χ0v) is 9.14. The van der Waals surface area contributed by atoms with Crippen LogP contribution in [0, 0.1) is 0 Å². The maximum Gasteiger partial charge on any atom is 0.265 e. The molecule has 0 atom stereocenters. The molecule has 0 spiro atoms. The molecule has 2 aromatic rings. The van der Waals surface area contributed by atoms with Gasteiger partial charge < -0.3 is 20.9 Å². The highest BCUT2D eigenvalue weighted by molar-refractivity contribution is 5.67. The molecule has 0 fully saturated rings. The Morgan fingerprint density at radius 1 is 1.12 bits per heavy atom. The van der Waals surface area contributed by atoms with Crippen molar-refractivity contribution < 1.29 is 4.52 Å². The van der Waals surface area contributed by atoms with Crippen LogP contribution in [0.1, 0.15) is 0 Å². The number of aromatic nitrogens is 2. The molecule has 0 radical (unpaired) electrons. The van der Waals surface area contributed by atoms with Crippen molar-refractivity contribution in [1.82, 2.24) is 10.1 Å². The highest BCUT2D eigenvalue weighted by Gasteiger charge is 2.10. The van der Waals surface area contributed by atoms with Crippen LogP contribution < -0.4 is 16.4 Å². The van der Waals surface area contributed by atoms with Crippen molar-refractivity contribution >= 4 is 17.3 Å². The van der Waals surface area contributed by atoms with Crippen LogP contribution in [0.5, 0.6) is 0 Å². The molecule has 16 heavy (non-hydrogen) atoms. The van der Waals surface area contributed by atoms with Crippen LogP contribution in [0.2, 0.25) is 0 Å². The third-order valence-corrected chi connectivity index (χ3v) is 2.04. The zero-order valence-electron chi connectivity index (χ0n) is 9.14. The average molecular weight is 219 g/mol. The summed E-state index contributed by atoms with van der Waals surface area (Å²) in [5, 5.41) is 3.81. The average Bonchev–Trinajstić information content (AvgIpc) is 2.64. The van der Waals surface area contributed by atoms with Gasteiger partial charge in [0.1, 0.15) is 0 Å². The van der Waals surface area contributed by atoms with E-state index in [1.807, 2.05) is 14.1 Å². The summed E-state index contributed by atoms with van der Waals surface area (Å²) in [6.07, 6.45) is 0. The van der Waals surface area contributed by atoms with Crippen molar-refractivity contribution in [3.8, 4) is 11.5 Å². The van der Waals surface area contributed by atoms with Crippen LogP contribution >= 0.6 is 0 Å². The summed E-state index contributed by atoms with van der Waals surface area (Å²) in [4.78, 5) is 5.95. The van der Waals surface area contributed by atoms with Crippen LogP contribution in [0.4, 0.5) is 17.3 Å². The van der Waals surface area contributed by atoms with Gasteiger partial charge in [0.25, 0.3) is 11.8 Å². The fourth-order valence-corrected chi connectivity index (χ4v) is 1.31. The Morgan fingerprint density at radius 2 is 1.75 bits per heavy atom. The lowest BCUT2D eigenvalue weighted by atomic mass is 10.2. The summed E-state index contributed by atoms with van der Waals surface area (Å²) in [6.45, 7) is 0. The first kappa shape index (κ1) is 10.3. The molecule has 6 heteroatoms. The topological polar surface area (TPSA) is 94.2 Å². The third kappa shape index (κ3) is 1.90. The zero-order chi connectivity index (χ0) is 11.7. The van der Waals surface area contributed by atoms with Gasteiger partial charge in [0.05, 0.1) is 0 Å². The van der Waals surface area contributed by atoms with Crippen molar-refractivity contribution in [2.75, 3.05) is 30.5 Å². The molecule has 1 aromatic heterocycles. The molecule has 6 nitrogen and oxygen atoms in total. The van der Waals surface area contributed by atoms with E-state index < -0.39 is 0 Å². The summed E-state index contributed by atoms with van der Waals surface area (Å²) in [5.74, 6) is 0.915. The van der Waals surface area contributed by atoms with E-state index in [-0.39, 0.29) is 0 Å². The lowest BCUT2D eigenvalue weighted by Crippen LogP contribution is -2.10. The highest BCUT2D eigenvalue weighted by atomic mass is 16.5. The van der Waals surface area contributed by atoms with Crippen LogP contribution in [0.25, 0.3) is 11.5 Å². The first-order valence-corrected chi connectivity index (χ1v) is 4.73. The molecule has 0 amide bonds. The fraction of sp³-hybridized carbons (Fsp3) is 0.200. The lowest BCUT2D eigenvalue weighted by molar-refractivity contribution is 0.431. The maximum absolute atomic E-state index is 5.68. The molecule has 1 heterocycles. The van der Waals surface area contributed by atoms with Crippen molar-refractivity contribution in [1.29, 1.82) is 0 Å². The predicted molar refractivity (Wildman–Crippen MR) is 62.9 cm³/mol. The molecule has 4 N–H and O–H groups in total. The van der Waals surface area contributed by atoms with Gasteiger partial charge in [-0.3, -0.25) is 0 Å².